The van der Waals surface area contributed by atoms with Gasteiger partial charge in [0.05, 0.1) is 22.2 Å². The third-order valence-electron chi connectivity index (χ3n) is 3.57. The quantitative estimate of drug-likeness (QED) is 0.326. The van der Waals surface area contributed by atoms with Gasteiger partial charge >= 0.3 is 5.43 Å². The Morgan fingerprint density at radius 3 is 2.17 bits per heavy atom. The van der Waals surface area contributed by atoms with Gasteiger partial charge in [0.25, 0.3) is 5.69 Å². The van der Waals surface area contributed by atoms with Gasteiger partial charge in [-0.15, -0.1) is 0 Å². The summed E-state index contributed by atoms with van der Waals surface area (Å²) in [6, 6.07) is 6.68. The van der Waals surface area contributed by atoms with Crippen molar-refractivity contribution >= 4 is 40.0 Å². The molecule has 0 bridgehead atoms. The summed E-state index contributed by atoms with van der Waals surface area (Å²) in [5.41, 5.74) is 2.75. The summed E-state index contributed by atoms with van der Waals surface area (Å²) in [5.74, 6) is -1.84. The molecule has 3 rings (SSSR count). The molecule has 8 nitrogen and oxygen atoms in total. The summed E-state index contributed by atoms with van der Waals surface area (Å²) >= 11 is 5.11. The number of rotatable bonds is 2. The number of ketones is 2. The number of nitro benzene ring substituents is 1. The molecule has 120 valence electrons. The minimum absolute atomic E-state index is 0.0413. The molecule has 24 heavy (non-hydrogen) atoms. The molecule has 0 atom stereocenters. The minimum atomic E-state index is -1.29. The van der Waals surface area contributed by atoms with Crippen LogP contribution in [0.3, 0.4) is 0 Å². The summed E-state index contributed by atoms with van der Waals surface area (Å²) in [5, 5.41) is 11.3. The Bertz CT molecular complexity index is 953. The molecule has 0 saturated heterocycles. The van der Waals surface area contributed by atoms with Crippen LogP contribution in [-0.2, 0) is 0 Å². The molecule has 2 aromatic carbocycles. The van der Waals surface area contributed by atoms with Crippen LogP contribution in [0.2, 0.25) is 0 Å². The number of carbonyl (C=O) groups is 3. The Balaban J connectivity index is 2.38. The Morgan fingerprint density at radius 2 is 1.67 bits per heavy atom. The van der Waals surface area contributed by atoms with E-state index in [1.54, 1.807) is 6.07 Å². The van der Waals surface area contributed by atoms with Crippen molar-refractivity contribution in [2.45, 2.75) is 0 Å². The average Bonchev–Trinajstić information content (AvgIpc) is 2.53. The lowest BCUT2D eigenvalue weighted by atomic mass is 9.82. The number of benzene rings is 2. The first-order chi connectivity index (χ1) is 11.3. The molecule has 0 fully saturated rings. The minimum Gasteiger partial charge on any atom is -0.412 e. The number of nitro groups is 1. The van der Waals surface area contributed by atoms with Crippen LogP contribution < -0.4 is 10.5 Å². The average molecular weight is 347 g/mol. The molecule has 1 aliphatic carbocycles. The highest BCUT2D eigenvalue weighted by Crippen LogP contribution is 2.41. The van der Waals surface area contributed by atoms with Crippen LogP contribution in [0, 0.1) is 10.1 Å². The molecule has 9 heteroatoms. The van der Waals surface area contributed by atoms with E-state index in [0.29, 0.717) is 0 Å². The van der Waals surface area contributed by atoms with E-state index in [2.05, 4.69) is 4.74 Å². The zero-order chi connectivity index (χ0) is 17.6. The summed E-state index contributed by atoms with van der Waals surface area (Å²) < 4.78 is 4.61. The van der Waals surface area contributed by atoms with Crippen molar-refractivity contribution in [1.82, 2.24) is 0 Å². The van der Waals surface area contributed by atoms with Gasteiger partial charge in [-0.1, -0.05) is 24.3 Å². The van der Waals surface area contributed by atoms with E-state index >= 15 is 0 Å². The summed E-state index contributed by atoms with van der Waals surface area (Å²) in [6.07, 6.45) is 0. The molecule has 0 unspecified atom stereocenters. The molecule has 1 aliphatic rings. The molecular formula is C15H7ClN2O6. The van der Waals surface area contributed by atoms with E-state index in [1.807, 2.05) is 0 Å². The molecule has 0 spiro atoms. The van der Waals surface area contributed by atoms with Crippen LogP contribution in [0.15, 0.2) is 30.3 Å². The lowest BCUT2D eigenvalue weighted by molar-refractivity contribution is -0.385. The Labute approximate surface area is 138 Å². The zero-order valence-corrected chi connectivity index (χ0v) is 12.5. The Hall–Kier alpha value is -3.26. The molecule has 0 heterocycles. The first-order valence-corrected chi connectivity index (χ1v) is 6.87. The van der Waals surface area contributed by atoms with Crippen molar-refractivity contribution in [2.75, 3.05) is 5.73 Å². The predicted molar refractivity (Wildman–Crippen MR) is 82.7 cm³/mol. The third-order valence-corrected chi connectivity index (χ3v) is 3.64. The van der Waals surface area contributed by atoms with Crippen LogP contribution in [-0.4, -0.2) is 21.9 Å². The number of hydrogen-bond donors (Lipinski definition) is 1. The van der Waals surface area contributed by atoms with Gasteiger partial charge in [0.2, 0.25) is 5.78 Å². The molecule has 0 radical (unpaired) electrons. The van der Waals surface area contributed by atoms with Crippen LogP contribution in [0.25, 0.3) is 0 Å². The molecular weight excluding hydrogens is 340 g/mol. The number of nitrogens with zero attached hydrogens (tertiary/aromatic N) is 1. The lowest BCUT2D eigenvalue weighted by Crippen LogP contribution is -2.24. The van der Waals surface area contributed by atoms with Crippen LogP contribution >= 0.6 is 11.6 Å². The summed E-state index contributed by atoms with van der Waals surface area (Å²) in [4.78, 5) is 46.7. The largest absolute Gasteiger partial charge is 0.412 e. The Morgan fingerprint density at radius 1 is 1.12 bits per heavy atom. The highest BCUT2D eigenvalue weighted by molar-refractivity contribution is 6.61. The molecule has 0 aromatic heterocycles. The van der Waals surface area contributed by atoms with Gasteiger partial charge in [-0.2, -0.15) is 0 Å². The van der Waals surface area contributed by atoms with Gasteiger partial charge in [0.15, 0.2) is 11.5 Å². The molecule has 2 aromatic rings. The number of ether oxygens (including phenoxy) is 1. The second-order valence-electron chi connectivity index (χ2n) is 4.86. The number of halogens is 1. The lowest BCUT2D eigenvalue weighted by Gasteiger charge is -2.20. The predicted octanol–water partition coefficient (Wildman–Crippen LogP) is 2.69. The first kappa shape index (κ1) is 15.6. The van der Waals surface area contributed by atoms with Gasteiger partial charge in [-0.25, -0.2) is 4.79 Å². The fourth-order valence-corrected chi connectivity index (χ4v) is 2.67. The number of nitrogen functional groups attached to an aromatic ring is 1. The summed E-state index contributed by atoms with van der Waals surface area (Å²) in [7, 11) is 0. The zero-order valence-electron chi connectivity index (χ0n) is 11.7. The number of anilines is 1. The Kier molecular flexibility index (Phi) is 3.53. The normalized spacial score (nSPS) is 12.4. The van der Waals surface area contributed by atoms with Crippen molar-refractivity contribution < 1.29 is 24.0 Å². The highest BCUT2D eigenvalue weighted by atomic mass is 35.5. The van der Waals surface area contributed by atoms with Crippen LogP contribution in [0.4, 0.5) is 16.2 Å². The van der Waals surface area contributed by atoms with E-state index in [4.69, 9.17) is 17.3 Å². The smallest absolute Gasteiger partial charge is 0.409 e. The fourth-order valence-electron chi connectivity index (χ4n) is 2.59. The maximum atomic E-state index is 12.7. The van der Waals surface area contributed by atoms with E-state index < -0.39 is 38.9 Å². The van der Waals surface area contributed by atoms with Gasteiger partial charge < -0.3 is 10.5 Å². The number of carbonyl (C=O) groups excluding carboxylic acids is 3. The van der Waals surface area contributed by atoms with Crippen molar-refractivity contribution in [2.24, 2.45) is 0 Å². The fraction of sp³-hybridized carbons (Fsp3) is 0. The summed E-state index contributed by atoms with van der Waals surface area (Å²) in [6.45, 7) is 0. The van der Waals surface area contributed by atoms with Gasteiger partial charge in [-0.3, -0.25) is 19.7 Å². The molecule has 0 aliphatic heterocycles. The highest BCUT2D eigenvalue weighted by Gasteiger charge is 2.38. The van der Waals surface area contributed by atoms with E-state index in [9.17, 15) is 24.5 Å². The number of nitrogens with two attached hydrogens (primary N) is 1. The third kappa shape index (κ3) is 2.20. The monoisotopic (exact) mass is 346 g/mol. The van der Waals surface area contributed by atoms with E-state index in [1.165, 1.54) is 18.2 Å². The van der Waals surface area contributed by atoms with Crippen molar-refractivity contribution in [3.8, 4) is 5.75 Å². The first-order valence-electron chi connectivity index (χ1n) is 6.49. The SMILES string of the molecule is Nc1c(OC(=O)Cl)cc([N+](=O)[O-])c2c1C(=O)c1ccccc1C2=O. The van der Waals surface area contributed by atoms with Crippen LogP contribution in [0.1, 0.15) is 31.8 Å². The maximum Gasteiger partial charge on any atom is 0.409 e. The molecule has 2 N–H and O–H groups in total. The van der Waals surface area contributed by atoms with Crippen LogP contribution in [0.5, 0.6) is 5.75 Å². The van der Waals surface area contributed by atoms with E-state index in [-0.39, 0.29) is 22.4 Å². The second-order valence-corrected chi connectivity index (χ2v) is 5.17. The number of fused-ring (bicyclic) bond motifs is 2. The van der Waals surface area contributed by atoms with Gasteiger partial charge in [-0.05, 0) is 0 Å². The van der Waals surface area contributed by atoms with Gasteiger partial charge in [0, 0.05) is 22.7 Å². The van der Waals surface area contributed by atoms with Crippen molar-refractivity contribution in [3.63, 3.8) is 0 Å². The van der Waals surface area contributed by atoms with E-state index in [0.717, 1.165) is 6.07 Å². The van der Waals surface area contributed by atoms with Crippen molar-refractivity contribution in [3.05, 3.63) is 62.7 Å². The topological polar surface area (TPSA) is 130 Å². The number of hydrogen-bond acceptors (Lipinski definition) is 7. The maximum absolute atomic E-state index is 12.7. The second kappa shape index (κ2) is 5.43. The standard InChI is InChI=1S/C15H7ClN2O6/c16-15(21)24-9-5-8(18(22)23)10-11(12(9)17)14(20)7-4-2-1-3-6(7)13(10)19/h1-5H,17H2. The molecule has 0 saturated carbocycles. The molecule has 0 amide bonds. The van der Waals surface area contributed by atoms with Gasteiger partial charge in [0.1, 0.15) is 5.56 Å². The van der Waals surface area contributed by atoms with Crippen molar-refractivity contribution in [1.29, 1.82) is 0 Å².